The van der Waals surface area contributed by atoms with Crippen molar-refractivity contribution in [1.82, 2.24) is 14.9 Å². The van der Waals surface area contributed by atoms with Crippen LogP contribution in [0, 0.1) is 0 Å². The van der Waals surface area contributed by atoms with Gasteiger partial charge in [0.05, 0.1) is 24.8 Å². The summed E-state index contributed by atoms with van der Waals surface area (Å²) in [6, 6.07) is -0.472. The van der Waals surface area contributed by atoms with Crippen molar-refractivity contribution in [3.63, 3.8) is 0 Å². The van der Waals surface area contributed by atoms with E-state index < -0.39 is 18.2 Å². The van der Waals surface area contributed by atoms with E-state index in [4.69, 9.17) is 9.47 Å². The summed E-state index contributed by atoms with van der Waals surface area (Å²) in [5.41, 5.74) is 0.350. The molecule has 1 saturated heterocycles. The first-order chi connectivity index (χ1) is 10.1. The molecule has 1 aliphatic heterocycles. The molecule has 0 aromatic carbocycles. The quantitative estimate of drug-likeness (QED) is 0.763. The lowest BCUT2D eigenvalue weighted by molar-refractivity contribution is -0.135. The number of likely N-dealkylation sites (N-methyl/N-ethyl adjacent to an activating group) is 1. The standard InChI is InChI=1S/C13H20N4O4/c1-14-13-15-4-8(5-16-13)12(19)17(2)9-6-21-7-10(20-3)11(9)18/h4-5,9-11,18H,6-7H2,1-3H3,(H,14,15,16)/t9-,10-,11+/m1/s1. The van der Waals surface area contributed by atoms with Crippen molar-refractivity contribution in [3.8, 4) is 0 Å². The van der Waals surface area contributed by atoms with Gasteiger partial charge in [-0.05, 0) is 0 Å². The molecule has 2 N–H and O–H groups in total. The summed E-state index contributed by atoms with van der Waals surface area (Å²) in [5.74, 6) is 0.164. The summed E-state index contributed by atoms with van der Waals surface area (Å²) in [4.78, 5) is 21.9. The fourth-order valence-electron chi connectivity index (χ4n) is 2.22. The highest BCUT2D eigenvalue weighted by Crippen LogP contribution is 2.17. The number of ether oxygens (including phenoxy) is 2. The average Bonchev–Trinajstić information content (AvgIpc) is 2.54. The Labute approximate surface area is 123 Å². The van der Waals surface area contributed by atoms with Gasteiger partial charge in [-0.3, -0.25) is 4.79 Å². The van der Waals surface area contributed by atoms with Crippen molar-refractivity contribution in [1.29, 1.82) is 0 Å². The Bertz CT molecular complexity index is 482. The minimum absolute atomic E-state index is 0.263. The molecule has 0 saturated carbocycles. The Morgan fingerprint density at radius 1 is 1.48 bits per heavy atom. The highest BCUT2D eigenvalue weighted by atomic mass is 16.5. The summed E-state index contributed by atoms with van der Waals surface area (Å²) < 4.78 is 10.5. The molecule has 116 valence electrons. The van der Waals surface area contributed by atoms with E-state index in [-0.39, 0.29) is 12.5 Å². The normalized spacial score (nSPS) is 25.4. The number of carbonyl (C=O) groups is 1. The van der Waals surface area contributed by atoms with Crippen molar-refractivity contribution in [2.24, 2.45) is 0 Å². The molecule has 3 atom stereocenters. The number of nitrogens with zero attached hydrogens (tertiary/aromatic N) is 3. The van der Waals surface area contributed by atoms with Gasteiger partial charge in [0.2, 0.25) is 5.95 Å². The monoisotopic (exact) mass is 296 g/mol. The minimum Gasteiger partial charge on any atom is -0.388 e. The number of nitrogens with one attached hydrogen (secondary N) is 1. The van der Waals surface area contributed by atoms with E-state index in [0.29, 0.717) is 18.1 Å². The van der Waals surface area contributed by atoms with Gasteiger partial charge in [-0.25, -0.2) is 9.97 Å². The zero-order chi connectivity index (χ0) is 15.4. The molecule has 1 aliphatic rings. The van der Waals surface area contributed by atoms with Gasteiger partial charge in [-0.15, -0.1) is 0 Å². The van der Waals surface area contributed by atoms with Crippen LogP contribution in [-0.2, 0) is 9.47 Å². The minimum atomic E-state index is -0.796. The van der Waals surface area contributed by atoms with Crippen LogP contribution in [0.1, 0.15) is 10.4 Å². The zero-order valence-corrected chi connectivity index (χ0v) is 12.3. The van der Waals surface area contributed by atoms with Crippen molar-refractivity contribution in [3.05, 3.63) is 18.0 Å². The van der Waals surface area contributed by atoms with Gasteiger partial charge >= 0.3 is 0 Å². The number of hydrogen-bond donors (Lipinski definition) is 2. The lowest BCUT2D eigenvalue weighted by Gasteiger charge is -2.38. The third-order valence-electron chi connectivity index (χ3n) is 3.59. The molecule has 0 unspecified atom stereocenters. The molecule has 0 aliphatic carbocycles. The van der Waals surface area contributed by atoms with Gasteiger partial charge < -0.3 is 24.8 Å². The van der Waals surface area contributed by atoms with Crippen LogP contribution in [0.25, 0.3) is 0 Å². The second-order valence-electron chi connectivity index (χ2n) is 4.83. The van der Waals surface area contributed by atoms with E-state index in [2.05, 4.69) is 15.3 Å². The van der Waals surface area contributed by atoms with Crippen LogP contribution in [0.2, 0.25) is 0 Å². The topological polar surface area (TPSA) is 96.8 Å². The van der Waals surface area contributed by atoms with Crippen LogP contribution >= 0.6 is 0 Å². The predicted octanol–water partition coefficient (Wildman–Crippen LogP) is -0.635. The first-order valence-electron chi connectivity index (χ1n) is 6.64. The van der Waals surface area contributed by atoms with E-state index in [9.17, 15) is 9.90 Å². The first kappa shape index (κ1) is 15.6. The highest BCUT2D eigenvalue weighted by molar-refractivity contribution is 5.93. The van der Waals surface area contributed by atoms with E-state index in [1.54, 1.807) is 14.1 Å². The van der Waals surface area contributed by atoms with Gasteiger partial charge in [-0.1, -0.05) is 0 Å². The largest absolute Gasteiger partial charge is 0.388 e. The second-order valence-corrected chi connectivity index (χ2v) is 4.83. The average molecular weight is 296 g/mol. The van der Waals surface area contributed by atoms with Gasteiger partial charge in [-0.2, -0.15) is 0 Å². The van der Waals surface area contributed by atoms with Crippen LogP contribution < -0.4 is 5.32 Å². The zero-order valence-electron chi connectivity index (χ0n) is 12.3. The molecule has 0 bridgehead atoms. The molecular weight excluding hydrogens is 276 g/mol. The molecule has 2 rings (SSSR count). The Kier molecular flexibility index (Phi) is 5.05. The number of methoxy groups -OCH3 is 1. The molecular formula is C13H20N4O4. The lowest BCUT2D eigenvalue weighted by atomic mass is 10.0. The molecule has 8 nitrogen and oxygen atoms in total. The Morgan fingerprint density at radius 2 is 2.14 bits per heavy atom. The number of aliphatic hydroxyl groups excluding tert-OH is 1. The van der Waals surface area contributed by atoms with Crippen LogP contribution in [0.15, 0.2) is 12.4 Å². The number of hydrogen-bond acceptors (Lipinski definition) is 7. The summed E-state index contributed by atoms with van der Waals surface area (Å²) in [5, 5.41) is 13.0. The van der Waals surface area contributed by atoms with E-state index >= 15 is 0 Å². The SMILES string of the molecule is CNc1ncc(C(=O)N(C)[C@@H]2COC[C@@H](OC)[C@H]2O)cn1. The fraction of sp³-hybridized carbons (Fsp3) is 0.615. The maximum absolute atomic E-state index is 12.4. The van der Waals surface area contributed by atoms with Gasteiger partial charge in [0.15, 0.2) is 0 Å². The number of aliphatic hydroxyl groups is 1. The van der Waals surface area contributed by atoms with Gasteiger partial charge in [0.25, 0.3) is 5.91 Å². The predicted molar refractivity (Wildman–Crippen MR) is 75.1 cm³/mol. The third kappa shape index (κ3) is 3.29. The highest BCUT2D eigenvalue weighted by Gasteiger charge is 2.37. The van der Waals surface area contributed by atoms with Crippen molar-refractivity contribution in [2.45, 2.75) is 18.2 Å². The molecule has 8 heteroatoms. The Balaban J connectivity index is 2.10. The number of carbonyl (C=O) groups excluding carboxylic acids is 1. The molecule has 1 aromatic heterocycles. The summed E-state index contributed by atoms with van der Waals surface area (Å²) in [7, 11) is 4.82. The van der Waals surface area contributed by atoms with E-state index in [1.807, 2.05) is 0 Å². The number of amides is 1. The molecule has 21 heavy (non-hydrogen) atoms. The van der Waals surface area contributed by atoms with Crippen molar-refractivity contribution >= 4 is 11.9 Å². The van der Waals surface area contributed by atoms with E-state index in [1.165, 1.54) is 24.4 Å². The van der Waals surface area contributed by atoms with Crippen LogP contribution in [0.3, 0.4) is 0 Å². The molecule has 0 radical (unpaired) electrons. The maximum atomic E-state index is 12.4. The molecule has 1 fully saturated rings. The smallest absolute Gasteiger partial charge is 0.257 e. The number of rotatable bonds is 4. The van der Waals surface area contributed by atoms with Crippen LogP contribution in [-0.4, -0.2) is 78.6 Å². The molecule has 1 amide bonds. The maximum Gasteiger partial charge on any atom is 0.257 e. The lowest BCUT2D eigenvalue weighted by Crippen LogP contribution is -2.56. The second kappa shape index (κ2) is 6.79. The molecule has 1 aromatic rings. The van der Waals surface area contributed by atoms with Gasteiger partial charge in [0.1, 0.15) is 12.2 Å². The Morgan fingerprint density at radius 3 is 2.71 bits per heavy atom. The van der Waals surface area contributed by atoms with Crippen molar-refractivity contribution in [2.75, 3.05) is 39.7 Å². The van der Waals surface area contributed by atoms with Crippen LogP contribution in [0.4, 0.5) is 5.95 Å². The van der Waals surface area contributed by atoms with E-state index in [0.717, 1.165) is 0 Å². The van der Waals surface area contributed by atoms with Crippen LogP contribution in [0.5, 0.6) is 0 Å². The number of aromatic nitrogens is 2. The number of anilines is 1. The van der Waals surface area contributed by atoms with Gasteiger partial charge in [0, 0.05) is 33.6 Å². The fourth-order valence-corrected chi connectivity index (χ4v) is 2.22. The summed E-state index contributed by atoms with van der Waals surface area (Å²) >= 11 is 0. The molecule has 0 spiro atoms. The Hall–Kier alpha value is -1.77. The first-order valence-corrected chi connectivity index (χ1v) is 6.64. The molecule has 2 heterocycles. The summed E-state index contributed by atoms with van der Waals surface area (Å²) in [6.45, 7) is 0.578. The summed E-state index contributed by atoms with van der Waals surface area (Å²) in [6.07, 6.45) is 1.65. The van der Waals surface area contributed by atoms with Crippen molar-refractivity contribution < 1.29 is 19.4 Å². The third-order valence-corrected chi connectivity index (χ3v) is 3.59.